The van der Waals surface area contributed by atoms with E-state index in [-0.39, 0.29) is 25.1 Å². The summed E-state index contributed by atoms with van der Waals surface area (Å²) in [5, 5.41) is 3.02. The molecule has 0 bridgehead atoms. The number of hydrogen-bond donors (Lipinski definition) is 2. The Bertz CT molecular complexity index is 1080. The van der Waals surface area contributed by atoms with Gasteiger partial charge in [0.25, 0.3) is 0 Å². The molecule has 9 nitrogen and oxygen atoms in total. The number of hydrogen-bond acceptors (Lipinski definition) is 6. The van der Waals surface area contributed by atoms with Crippen molar-refractivity contribution in [3.8, 4) is 0 Å². The van der Waals surface area contributed by atoms with Crippen LogP contribution >= 0.6 is 7.82 Å². The van der Waals surface area contributed by atoms with Gasteiger partial charge in [-0.15, -0.1) is 0 Å². The Morgan fingerprint density at radius 2 is 1.00 bits per heavy atom. The van der Waals surface area contributed by atoms with E-state index in [9.17, 15) is 19.0 Å². The summed E-state index contributed by atoms with van der Waals surface area (Å²) >= 11 is 0. The van der Waals surface area contributed by atoms with Crippen molar-refractivity contribution in [3.63, 3.8) is 0 Å². The summed E-state index contributed by atoms with van der Waals surface area (Å²) in [4.78, 5) is 37.2. The molecule has 10 heteroatoms. The van der Waals surface area contributed by atoms with Crippen molar-refractivity contribution in [3.05, 3.63) is 24.3 Å². The first-order valence-electron chi connectivity index (χ1n) is 24.7. The topological polar surface area (TPSA) is 111 Å². The number of carbonyl (C=O) groups excluding carboxylic acids is 2. The van der Waals surface area contributed by atoms with Crippen LogP contribution in [0.3, 0.4) is 0 Å². The van der Waals surface area contributed by atoms with Crippen molar-refractivity contribution in [1.82, 2.24) is 5.32 Å². The largest absolute Gasteiger partial charge is 0.472 e. The fraction of sp³-hybridized carbons (Fsp3) is 0.878. The second-order valence-electron chi connectivity index (χ2n) is 18.0. The van der Waals surface area contributed by atoms with Gasteiger partial charge in [0.1, 0.15) is 19.3 Å². The molecular weight excluding hydrogens is 760 g/mol. The fourth-order valence-electron chi connectivity index (χ4n) is 6.98. The number of likely N-dealkylation sites (N-methyl/N-ethyl adjacent to an activating group) is 1. The molecule has 0 aromatic rings. The molecule has 0 spiro atoms. The maximum Gasteiger partial charge on any atom is 0.472 e. The van der Waals surface area contributed by atoms with E-state index >= 15 is 0 Å². The monoisotopic (exact) mass is 856 g/mol. The van der Waals surface area contributed by atoms with Crippen LogP contribution in [0.2, 0.25) is 0 Å². The number of allylic oxidation sites excluding steroid dienone is 3. The molecule has 0 aromatic carbocycles. The van der Waals surface area contributed by atoms with E-state index in [4.69, 9.17) is 13.8 Å². The van der Waals surface area contributed by atoms with Gasteiger partial charge in [0.15, 0.2) is 0 Å². The van der Waals surface area contributed by atoms with E-state index in [1.54, 1.807) is 0 Å². The number of ether oxygens (including phenoxy) is 1. The molecule has 348 valence electrons. The number of unbranched alkanes of at least 4 members (excludes halogenated alkanes) is 26. The molecule has 0 saturated carbocycles. The van der Waals surface area contributed by atoms with Crippen molar-refractivity contribution in [1.29, 1.82) is 0 Å². The van der Waals surface area contributed by atoms with Gasteiger partial charge in [0.05, 0.1) is 33.8 Å². The zero-order chi connectivity index (χ0) is 43.7. The Morgan fingerprint density at radius 1 is 0.576 bits per heavy atom. The van der Waals surface area contributed by atoms with Gasteiger partial charge in [0, 0.05) is 12.8 Å². The number of nitrogens with one attached hydrogen (secondary N) is 1. The zero-order valence-electron chi connectivity index (χ0n) is 39.5. The summed E-state index contributed by atoms with van der Waals surface area (Å²) in [7, 11) is 1.49. The number of carbonyl (C=O) groups is 2. The van der Waals surface area contributed by atoms with Crippen LogP contribution in [0.15, 0.2) is 24.3 Å². The van der Waals surface area contributed by atoms with Crippen LogP contribution in [0.5, 0.6) is 0 Å². The minimum atomic E-state index is -4.43. The highest BCUT2D eigenvalue weighted by molar-refractivity contribution is 7.47. The normalized spacial score (nSPS) is 14.2. The second-order valence-corrected chi connectivity index (χ2v) is 19.4. The summed E-state index contributed by atoms with van der Waals surface area (Å²) in [6, 6.07) is -0.842. The predicted octanol–water partition coefficient (Wildman–Crippen LogP) is 13.9. The minimum Gasteiger partial charge on any atom is -0.456 e. The van der Waals surface area contributed by atoms with Crippen LogP contribution in [0.4, 0.5) is 0 Å². The lowest BCUT2D eigenvalue weighted by Crippen LogP contribution is -2.47. The second kappa shape index (κ2) is 40.6. The van der Waals surface area contributed by atoms with E-state index in [1.807, 2.05) is 33.3 Å². The first-order chi connectivity index (χ1) is 28.4. The molecule has 59 heavy (non-hydrogen) atoms. The molecule has 3 atom stereocenters. The average molecular weight is 856 g/mol. The molecule has 2 N–H and O–H groups in total. The van der Waals surface area contributed by atoms with Crippen molar-refractivity contribution in [2.45, 2.75) is 238 Å². The van der Waals surface area contributed by atoms with Gasteiger partial charge in [-0.1, -0.05) is 187 Å². The van der Waals surface area contributed by atoms with Crippen molar-refractivity contribution < 1.29 is 37.3 Å². The van der Waals surface area contributed by atoms with Gasteiger partial charge in [-0.2, -0.15) is 0 Å². The Kier molecular flexibility index (Phi) is 39.5. The lowest BCUT2D eigenvalue weighted by molar-refractivity contribution is -0.870. The molecule has 0 rings (SSSR count). The predicted molar refractivity (Wildman–Crippen MR) is 249 cm³/mol. The SMILES string of the molecule is CCCC/C=C\CCCCCCCC(=O)NC(COP(=O)(O)OCC[N+](C)(C)C)C(/C=C/CCCCCCCCCCC)OC(=O)CCCCCCCCCCCCC. The van der Waals surface area contributed by atoms with Crippen LogP contribution in [0, 0.1) is 0 Å². The van der Waals surface area contributed by atoms with Crippen molar-refractivity contribution in [2.24, 2.45) is 0 Å². The van der Waals surface area contributed by atoms with Crippen LogP contribution in [0.1, 0.15) is 226 Å². The van der Waals surface area contributed by atoms with Crippen LogP contribution < -0.4 is 5.32 Å². The Labute approximate surface area is 364 Å². The van der Waals surface area contributed by atoms with Crippen LogP contribution in [-0.4, -0.2) is 74.3 Å². The summed E-state index contributed by atoms with van der Waals surface area (Å²) in [5.74, 6) is -0.514. The van der Waals surface area contributed by atoms with Gasteiger partial charge in [-0.3, -0.25) is 18.6 Å². The lowest BCUT2D eigenvalue weighted by Gasteiger charge is -2.27. The summed E-state index contributed by atoms with van der Waals surface area (Å²) in [6.45, 7) is 6.94. The standard InChI is InChI=1S/C49H95N2O7P/c1-7-10-13-16-19-22-25-28-31-34-37-40-47(58-49(53)42-39-36-33-30-27-24-21-18-15-12-9-3)46(45-57-59(54,55)56-44-43-51(4,5)6)50-48(52)41-38-35-32-29-26-23-20-17-14-11-8-2/h17,20,37,40,46-47H,7-16,18-19,21-36,38-39,41-45H2,1-6H3,(H-,50,52,54,55)/p+1/b20-17-,40-37+. The number of phosphoric ester groups is 1. The maximum absolute atomic E-state index is 13.3. The van der Waals surface area contributed by atoms with E-state index in [2.05, 4.69) is 38.2 Å². The van der Waals surface area contributed by atoms with Crippen LogP contribution in [-0.2, 0) is 27.9 Å². The van der Waals surface area contributed by atoms with Crippen molar-refractivity contribution >= 4 is 19.7 Å². The highest BCUT2D eigenvalue weighted by Gasteiger charge is 2.30. The van der Waals surface area contributed by atoms with E-state index in [0.29, 0.717) is 23.9 Å². The molecule has 0 aromatic heterocycles. The molecular formula is C49H96N2O7P+. The maximum atomic E-state index is 13.3. The van der Waals surface area contributed by atoms with Gasteiger partial charge < -0.3 is 19.4 Å². The van der Waals surface area contributed by atoms with Gasteiger partial charge in [-0.05, 0) is 51.0 Å². The van der Waals surface area contributed by atoms with Gasteiger partial charge in [-0.25, -0.2) is 4.57 Å². The Morgan fingerprint density at radius 3 is 1.49 bits per heavy atom. The Balaban J connectivity index is 5.47. The molecule has 3 unspecified atom stereocenters. The first kappa shape index (κ1) is 57.5. The number of amides is 1. The van der Waals surface area contributed by atoms with E-state index in [0.717, 1.165) is 83.5 Å². The van der Waals surface area contributed by atoms with Gasteiger partial charge in [0.2, 0.25) is 5.91 Å². The molecule has 0 aliphatic heterocycles. The Hall–Kier alpha value is -1.51. The summed E-state index contributed by atoms with van der Waals surface area (Å²) in [5.41, 5.74) is 0. The third-order valence-corrected chi connectivity index (χ3v) is 11.9. The number of nitrogens with zero attached hydrogens (tertiary/aromatic N) is 1. The fourth-order valence-corrected chi connectivity index (χ4v) is 7.71. The molecule has 0 aliphatic rings. The molecule has 1 amide bonds. The third kappa shape index (κ3) is 41.6. The quantitative estimate of drug-likeness (QED) is 0.0206. The highest BCUT2D eigenvalue weighted by atomic mass is 31.2. The average Bonchev–Trinajstić information content (AvgIpc) is 3.18. The molecule has 0 aliphatic carbocycles. The highest BCUT2D eigenvalue weighted by Crippen LogP contribution is 2.43. The zero-order valence-corrected chi connectivity index (χ0v) is 40.4. The number of esters is 1. The summed E-state index contributed by atoms with van der Waals surface area (Å²) in [6.07, 6.45) is 43.1. The molecule has 0 fully saturated rings. The lowest BCUT2D eigenvalue weighted by atomic mass is 10.0. The summed E-state index contributed by atoms with van der Waals surface area (Å²) < 4.78 is 30.4. The number of rotatable bonds is 44. The minimum absolute atomic E-state index is 0.0411. The number of phosphoric acid groups is 1. The van der Waals surface area contributed by atoms with E-state index < -0.39 is 20.0 Å². The first-order valence-corrected chi connectivity index (χ1v) is 26.2. The smallest absolute Gasteiger partial charge is 0.456 e. The van der Waals surface area contributed by atoms with E-state index in [1.165, 1.54) is 109 Å². The number of quaternary nitrogens is 1. The third-order valence-electron chi connectivity index (χ3n) is 10.9. The molecule has 0 radical (unpaired) electrons. The van der Waals surface area contributed by atoms with Crippen molar-refractivity contribution in [2.75, 3.05) is 40.9 Å². The van der Waals surface area contributed by atoms with Crippen LogP contribution in [0.25, 0.3) is 0 Å². The molecule has 0 saturated heterocycles. The molecule has 0 heterocycles. The van der Waals surface area contributed by atoms with Gasteiger partial charge >= 0.3 is 13.8 Å².